The SMILES string of the molecule is CC1=CN2C(=NC1C)C(N1CCNCC1)=Nc1ccc(C(F)(F)F)cc12. The van der Waals surface area contributed by atoms with Gasteiger partial charge in [0.1, 0.15) is 0 Å². The van der Waals surface area contributed by atoms with E-state index in [1.807, 2.05) is 20.0 Å². The number of piperazine rings is 1. The molecule has 26 heavy (non-hydrogen) atoms. The minimum absolute atomic E-state index is 0.0262. The molecule has 3 aliphatic heterocycles. The number of fused-ring (bicyclic) bond motifs is 3. The molecule has 0 spiro atoms. The van der Waals surface area contributed by atoms with Crippen molar-refractivity contribution in [2.24, 2.45) is 9.98 Å². The molecule has 0 saturated carbocycles. The monoisotopic (exact) mass is 363 g/mol. The Morgan fingerprint density at radius 3 is 2.58 bits per heavy atom. The number of hydrogen-bond acceptors (Lipinski definition) is 5. The van der Waals surface area contributed by atoms with Crippen molar-refractivity contribution in [3.05, 3.63) is 35.5 Å². The first kappa shape index (κ1) is 17.1. The van der Waals surface area contributed by atoms with Crippen molar-refractivity contribution in [2.45, 2.75) is 26.1 Å². The van der Waals surface area contributed by atoms with Crippen LogP contribution in [0.5, 0.6) is 0 Å². The van der Waals surface area contributed by atoms with E-state index in [0.717, 1.165) is 49.7 Å². The second-order valence-corrected chi connectivity index (χ2v) is 6.75. The standard InChI is InChI=1S/C18H20F3N5/c1-11-10-26-15-9-13(18(19,20)21)3-4-14(15)24-16(17(26)23-12(11)2)25-7-5-22-6-8-25/h3-4,9-10,12,22H,5-8H2,1-2H3. The van der Waals surface area contributed by atoms with Gasteiger partial charge in [-0.15, -0.1) is 0 Å². The van der Waals surface area contributed by atoms with Crippen LogP contribution in [0.2, 0.25) is 0 Å². The average Bonchev–Trinajstić information content (AvgIpc) is 2.62. The molecule has 3 heterocycles. The molecule has 0 aliphatic carbocycles. The van der Waals surface area contributed by atoms with Crippen LogP contribution in [-0.4, -0.2) is 48.8 Å². The van der Waals surface area contributed by atoms with Crippen LogP contribution in [0.1, 0.15) is 19.4 Å². The van der Waals surface area contributed by atoms with Crippen molar-refractivity contribution >= 4 is 23.0 Å². The number of halogens is 3. The van der Waals surface area contributed by atoms with E-state index in [-0.39, 0.29) is 6.04 Å². The highest BCUT2D eigenvalue weighted by Crippen LogP contribution is 2.40. The Labute approximate surface area is 149 Å². The van der Waals surface area contributed by atoms with Crippen molar-refractivity contribution in [2.75, 3.05) is 31.1 Å². The van der Waals surface area contributed by atoms with Gasteiger partial charge >= 0.3 is 6.18 Å². The molecule has 0 bridgehead atoms. The Morgan fingerprint density at radius 2 is 1.88 bits per heavy atom. The van der Waals surface area contributed by atoms with Crippen molar-refractivity contribution in [1.29, 1.82) is 0 Å². The number of anilines is 1. The predicted octanol–water partition coefficient (Wildman–Crippen LogP) is 3.17. The number of benzene rings is 1. The number of alkyl halides is 3. The second kappa shape index (κ2) is 6.12. The Bertz CT molecular complexity index is 819. The smallest absolute Gasteiger partial charge is 0.351 e. The quantitative estimate of drug-likeness (QED) is 0.770. The zero-order chi connectivity index (χ0) is 18.5. The fraction of sp³-hybridized carbons (Fsp3) is 0.444. The lowest BCUT2D eigenvalue weighted by molar-refractivity contribution is -0.137. The highest BCUT2D eigenvalue weighted by Gasteiger charge is 2.36. The van der Waals surface area contributed by atoms with E-state index in [0.29, 0.717) is 17.2 Å². The average molecular weight is 363 g/mol. The largest absolute Gasteiger partial charge is 0.416 e. The molecule has 1 saturated heterocycles. The zero-order valence-corrected chi connectivity index (χ0v) is 14.6. The molecule has 138 valence electrons. The van der Waals surface area contributed by atoms with Gasteiger partial charge in [-0.2, -0.15) is 13.2 Å². The lowest BCUT2D eigenvalue weighted by Crippen LogP contribution is -2.53. The van der Waals surface area contributed by atoms with E-state index in [4.69, 9.17) is 4.99 Å². The number of nitrogens with one attached hydrogen (secondary N) is 1. The first-order chi connectivity index (χ1) is 12.3. The van der Waals surface area contributed by atoms with E-state index in [2.05, 4.69) is 15.2 Å². The molecule has 0 aromatic heterocycles. The zero-order valence-electron chi connectivity index (χ0n) is 14.6. The molecule has 1 aromatic carbocycles. The molecular formula is C18H20F3N5. The lowest BCUT2D eigenvalue weighted by atomic mass is 10.1. The first-order valence-electron chi connectivity index (χ1n) is 8.66. The van der Waals surface area contributed by atoms with E-state index >= 15 is 0 Å². The summed E-state index contributed by atoms with van der Waals surface area (Å²) in [5, 5.41) is 3.30. The number of nitrogens with zero attached hydrogens (tertiary/aromatic N) is 4. The molecule has 8 heteroatoms. The maximum atomic E-state index is 13.2. The second-order valence-electron chi connectivity index (χ2n) is 6.75. The van der Waals surface area contributed by atoms with Gasteiger partial charge in [-0.25, -0.2) is 4.99 Å². The van der Waals surface area contributed by atoms with Crippen LogP contribution in [0.3, 0.4) is 0 Å². The fourth-order valence-corrected chi connectivity index (χ4v) is 3.31. The topological polar surface area (TPSA) is 43.2 Å². The summed E-state index contributed by atoms with van der Waals surface area (Å²) in [5.74, 6) is 1.35. The molecule has 1 aromatic rings. The Kier molecular flexibility index (Phi) is 4.02. The van der Waals surface area contributed by atoms with Crippen LogP contribution in [0.15, 0.2) is 40.0 Å². The fourth-order valence-electron chi connectivity index (χ4n) is 3.31. The molecule has 4 rings (SSSR count). The number of amidine groups is 2. The Hall–Kier alpha value is -2.35. The van der Waals surface area contributed by atoms with E-state index in [1.54, 1.807) is 4.90 Å². The van der Waals surface area contributed by atoms with Crippen LogP contribution >= 0.6 is 0 Å². The summed E-state index contributed by atoms with van der Waals surface area (Å²) in [6.45, 7) is 7.19. The van der Waals surface area contributed by atoms with Gasteiger partial charge in [0.2, 0.25) is 0 Å². The third-order valence-corrected chi connectivity index (χ3v) is 4.94. The maximum Gasteiger partial charge on any atom is 0.416 e. The summed E-state index contributed by atoms with van der Waals surface area (Å²) < 4.78 is 39.5. The third kappa shape index (κ3) is 2.88. The molecule has 1 fully saturated rings. The molecule has 0 amide bonds. The third-order valence-electron chi connectivity index (χ3n) is 4.94. The van der Waals surface area contributed by atoms with Crippen LogP contribution in [-0.2, 0) is 6.18 Å². The van der Waals surface area contributed by atoms with Gasteiger partial charge in [-0.1, -0.05) is 0 Å². The summed E-state index contributed by atoms with van der Waals surface area (Å²) in [4.78, 5) is 13.3. The van der Waals surface area contributed by atoms with Gasteiger partial charge in [0.15, 0.2) is 11.7 Å². The summed E-state index contributed by atoms with van der Waals surface area (Å²) in [6.07, 6.45) is -2.51. The van der Waals surface area contributed by atoms with Crippen molar-refractivity contribution in [1.82, 2.24) is 10.2 Å². The predicted molar refractivity (Wildman–Crippen MR) is 96.1 cm³/mol. The summed E-state index contributed by atoms with van der Waals surface area (Å²) >= 11 is 0. The van der Waals surface area contributed by atoms with Gasteiger partial charge in [0.25, 0.3) is 0 Å². The van der Waals surface area contributed by atoms with E-state index < -0.39 is 11.7 Å². The van der Waals surface area contributed by atoms with Gasteiger partial charge in [0, 0.05) is 32.4 Å². The molecule has 1 N–H and O–H groups in total. The Balaban J connectivity index is 1.85. The van der Waals surface area contributed by atoms with Gasteiger partial charge in [-0.05, 0) is 37.6 Å². The molecule has 1 atom stereocenters. The number of hydrogen-bond donors (Lipinski definition) is 1. The molecular weight excluding hydrogens is 343 g/mol. The number of aliphatic imine (C=N–C) groups is 2. The first-order valence-corrected chi connectivity index (χ1v) is 8.66. The summed E-state index contributed by atoms with van der Waals surface area (Å²) in [6, 6.07) is 3.66. The molecule has 1 unspecified atom stereocenters. The van der Waals surface area contributed by atoms with Gasteiger partial charge in [-0.3, -0.25) is 9.89 Å². The van der Waals surface area contributed by atoms with E-state index in [9.17, 15) is 13.2 Å². The highest BCUT2D eigenvalue weighted by atomic mass is 19.4. The van der Waals surface area contributed by atoms with Crippen LogP contribution in [0.25, 0.3) is 0 Å². The summed E-state index contributed by atoms with van der Waals surface area (Å²) in [5.41, 5.74) is 1.27. The Morgan fingerprint density at radius 1 is 1.15 bits per heavy atom. The highest BCUT2D eigenvalue weighted by molar-refractivity contribution is 6.48. The van der Waals surface area contributed by atoms with Crippen molar-refractivity contribution in [3.8, 4) is 0 Å². The van der Waals surface area contributed by atoms with Gasteiger partial charge < -0.3 is 10.2 Å². The maximum absolute atomic E-state index is 13.2. The van der Waals surface area contributed by atoms with Crippen molar-refractivity contribution < 1.29 is 13.2 Å². The normalized spacial score (nSPS) is 23.0. The van der Waals surface area contributed by atoms with Crippen LogP contribution in [0, 0.1) is 0 Å². The van der Waals surface area contributed by atoms with Gasteiger partial charge in [0.05, 0.1) is 23.0 Å². The molecule has 0 radical (unpaired) electrons. The minimum Gasteiger partial charge on any atom is -0.351 e. The van der Waals surface area contributed by atoms with E-state index in [1.165, 1.54) is 6.07 Å². The molecule has 3 aliphatic rings. The van der Waals surface area contributed by atoms with Crippen LogP contribution < -0.4 is 10.2 Å². The number of rotatable bonds is 0. The minimum atomic E-state index is -4.39. The van der Waals surface area contributed by atoms with Crippen molar-refractivity contribution in [3.63, 3.8) is 0 Å². The van der Waals surface area contributed by atoms with Crippen LogP contribution in [0.4, 0.5) is 24.5 Å². The summed E-state index contributed by atoms with van der Waals surface area (Å²) in [7, 11) is 0. The molecule has 5 nitrogen and oxygen atoms in total. The lowest BCUT2D eigenvalue weighted by Gasteiger charge is -2.39.